The summed E-state index contributed by atoms with van der Waals surface area (Å²) in [5.74, 6) is 0.587. The predicted molar refractivity (Wildman–Crippen MR) is 97.1 cm³/mol. The maximum Gasteiger partial charge on any atom is 0.416 e. The van der Waals surface area contributed by atoms with Gasteiger partial charge in [-0.15, -0.1) is 0 Å². The van der Waals surface area contributed by atoms with Crippen LogP contribution in [0.4, 0.5) is 17.6 Å². The molecule has 0 amide bonds. The molecule has 0 atom stereocenters. The van der Waals surface area contributed by atoms with Crippen LogP contribution in [0.3, 0.4) is 0 Å². The molecule has 3 nitrogen and oxygen atoms in total. The van der Waals surface area contributed by atoms with Gasteiger partial charge in [0.15, 0.2) is 0 Å². The highest BCUT2D eigenvalue weighted by atomic mass is 19.4. The van der Waals surface area contributed by atoms with Gasteiger partial charge in [0, 0.05) is 55.0 Å². The first-order valence-electron chi connectivity index (χ1n) is 9.83. The molecule has 0 radical (unpaired) electrons. The number of hydrogen-bond acceptors (Lipinski definition) is 3. The van der Waals surface area contributed by atoms with Crippen molar-refractivity contribution in [2.75, 3.05) is 6.54 Å². The molecule has 0 bridgehead atoms. The number of rotatable bonds is 3. The first-order chi connectivity index (χ1) is 13.4. The van der Waals surface area contributed by atoms with Crippen LogP contribution in [0.15, 0.2) is 24.4 Å². The number of nitrogens with zero attached hydrogens (tertiary/aromatic N) is 3. The van der Waals surface area contributed by atoms with E-state index in [9.17, 15) is 17.6 Å². The van der Waals surface area contributed by atoms with Crippen LogP contribution in [-0.2, 0) is 25.7 Å². The van der Waals surface area contributed by atoms with Gasteiger partial charge in [0.25, 0.3) is 0 Å². The van der Waals surface area contributed by atoms with Crippen LogP contribution in [0.5, 0.6) is 0 Å². The maximum atomic E-state index is 14.1. The van der Waals surface area contributed by atoms with Crippen LogP contribution in [0.1, 0.15) is 66.2 Å². The molecule has 150 valence electrons. The fourth-order valence-corrected chi connectivity index (χ4v) is 4.18. The Labute approximate surface area is 161 Å². The van der Waals surface area contributed by atoms with Gasteiger partial charge >= 0.3 is 6.18 Å². The summed E-state index contributed by atoms with van der Waals surface area (Å²) in [6.45, 7) is 1.56. The van der Waals surface area contributed by atoms with Crippen molar-refractivity contribution in [3.05, 3.63) is 58.4 Å². The fraction of sp³-hybridized carbons (Fsp3) is 0.524. The molecule has 0 saturated heterocycles. The van der Waals surface area contributed by atoms with Crippen molar-refractivity contribution in [1.29, 1.82) is 0 Å². The first kappa shape index (κ1) is 19.3. The van der Waals surface area contributed by atoms with E-state index in [4.69, 9.17) is 4.98 Å². The van der Waals surface area contributed by atoms with Crippen LogP contribution < -0.4 is 0 Å². The molecule has 2 aliphatic rings. The first-order valence-corrected chi connectivity index (χ1v) is 9.83. The largest absolute Gasteiger partial charge is 0.416 e. The Balaban J connectivity index is 1.44. The van der Waals surface area contributed by atoms with Crippen molar-refractivity contribution < 1.29 is 17.6 Å². The van der Waals surface area contributed by atoms with E-state index in [1.165, 1.54) is 25.3 Å². The third-order valence-corrected chi connectivity index (χ3v) is 5.78. The third-order valence-electron chi connectivity index (χ3n) is 5.78. The lowest BCUT2D eigenvalue weighted by atomic mass is 9.88. The molecule has 2 aromatic rings. The highest BCUT2D eigenvalue weighted by molar-refractivity contribution is 5.27. The van der Waals surface area contributed by atoms with Gasteiger partial charge < -0.3 is 0 Å². The van der Waals surface area contributed by atoms with Crippen molar-refractivity contribution in [2.45, 2.75) is 63.7 Å². The Morgan fingerprint density at radius 2 is 1.89 bits per heavy atom. The number of benzene rings is 1. The van der Waals surface area contributed by atoms with Crippen LogP contribution in [-0.4, -0.2) is 21.4 Å². The number of alkyl halides is 3. The van der Waals surface area contributed by atoms with E-state index in [0.29, 0.717) is 25.1 Å². The molecule has 7 heteroatoms. The van der Waals surface area contributed by atoms with E-state index in [1.807, 2.05) is 11.1 Å². The Bertz CT molecular complexity index is 844. The molecule has 1 aliphatic carbocycles. The van der Waals surface area contributed by atoms with Gasteiger partial charge in [-0.1, -0.05) is 25.3 Å². The summed E-state index contributed by atoms with van der Waals surface area (Å²) in [7, 11) is 0. The summed E-state index contributed by atoms with van der Waals surface area (Å²) in [6.07, 6.45) is 4.15. The van der Waals surface area contributed by atoms with Crippen LogP contribution in [0, 0.1) is 5.82 Å². The average molecular weight is 393 g/mol. The minimum Gasteiger partial charge on any atom is -0.294 e. The third kappa shape index (κ3) is 4.19. The Morgan fingerprint density at radius 1 is 1.11 bits per heavy atom. The lowest BCUT2D eigenvalue weighted by molar-refractivity contribution is -0.137. The molecule has 2 heterocycles. The van der Waals surface area contributed by atoms with E-state index in [1.54, 1.807) is 0 Å². The average Bonchev–Trinajstić information content (AvgIpc) is 2.69. The van der Waals surface area contributed by atoms with Gasteiger partial charge in [-0.25, -0.2) is 14.4 Å². The Morgan fingerprint density at radius 3 is 2.61 bits per heavy atom. The standard InChI is InChI=1S/C21H23F4N3/c22-18-10-17(21(23,24)25)7-6-15(18)12-28-9-8-19-16(13-28)11-26-20(27-19)14-4-2-1-3-5-14/h6-7,10-11,14H,1-5,8-9,12-13H2. The number of halogens is 4. The molecule has 0 unspecified atom stereocenters. The zero-order valence-corrected chi connectivity index (χ0v) is 15.6. The molecule has 1 fully saturated rings. The lowest BCUT2D eigenvalue weighted by Crippen LogP contribution is -2.31. The van der Waals surface area contributed by atoms with Crippen molar-refractivity contribution in [3.8, 4) is 0 Å². The van der Waals surface area contributed by atoms with Crippen molar-refractivity contribution in [1.82, 2.24) is 14.9 Å². The van der Waals surface area contributed by atoms with E-state index in [-0.39, 0.29) is 12.1 Å². The molecule has 4 rings (SSSR count). The molecular formula is C21H23F4N3. The van der Waals surface area contributed by atoms with E-state index in [2.05, 4.69) is 4.98 Å². The second-order valence-electron chi connectivity index (χ2n) is 7.80. The molecular weight excluding hydrogens is 370 g/mol. The number of hydrogen-bond donors (Lipinski definition) is 0. The summed E-state index contributed by atoms with van der Waals surface area (Å²) in [4.78, 5) is 11.4. The predicted octanol–water partition coefficient (Wildman–Crippen LogP) is 5.24. The minimum atomic E-state index is -4.53. The van der Waals surface area contributed by atoms with Crippen molar-refractivity contribution >= 4 is 0 Å². The lowest BCUT2D eigenvalue weighted by Gasteiger charge is -2.29. The number of aromatic nitrogens is 2. The van der Waals surface area contributed by atoms with Gasteiger partial charge in [-0.2, -0.15) is 13.2 Å². The highest BCUT2D eigenvalue weighted by Crippen LogP contribution is 2.32. The maximum absolute atomic E-state index is 14.1. The summed E-state index contributed by atoms with van der Waals surface area (Å²) < 4.78 is 52.2. The van der Waals surface area contributed by atoms with Crippen LogP contribution in [0.25, 0.3) is 0 Å². The molecule has 28 heavy (non-hydrogen) atoms. The van der Waals surface area contributed by atoms with E-state index >= 15 is 0 Å². The zero-order chi connectivity index (χ0) is 19.7. The van der Waals surface area contributed by atoms with Gasteiger partial charge in [0.1, 0.15) is 11.6 Å². The Kier molecular flexibility index (Phi) is 5.36. The molecule has 0 spiro atoms. The summed E-state index contributed by atoms with van der Waals surface area (Å²) in [5.41, 5.74) is 1.40. The zero-order valence-electron chi connectivity index (χ0n) is 15.6. The highest BCUT2D eigenvalue weighted by Gasteiger charge is 2.31. The summed E-state index contributed by atoms with van der Waals surface area (Å²) in [5, 5.41) is 0. The minimum absolute atomic E-state index is 0.272. The van der Waals surface area contributed by atoms with Crippen molar-refractivity contribution in [2.24, 2.45) is 0 Å². The molecule has 0 N–H and O–H groups in total. The monoisotopic (exact) mass is 393 g/mol. The molecule has 1 aliphatic heterocycles. The van der Waals surface area contributed by atoms with Gasteiger partial charge in [0.05, 0.1) is 5.56 Å². The Hall–Kier alpha value is -2.02. The normalized spacial score (nSPS) is 18.9. The van der Waals surface area contributed by atoms with Gasteiger partial charge in [0.2, 0.25) is 0 Å². The second kappa shape index (κ2) is 7.78. The topological polar surface area (TPSA) is 29.0 Å². The summed E-state index contributed by atoms with van der Waals surface area (Å²) >= 11 is 0. The second-order valence-corrected chi connectivity index (χ2v) is 7.80. The van der Waals surface area contributed by atoms with Gasteiger partial charge in [-0.05, 0) is 25.0 Å². The molecule has 1 aromatic carbocycles. The molecule has 1 saturated carbocycles. The number of fused-ring (bicyclic) bond motifs is 1. The van der Waals surface area contributed by atoms with Crippen LogP contribution in [0.2, 0.25) is 0 Å². The van der Waals surface area contributed by atoms with Crippen LogP contribution >= 0.6 is 0 Å². The van der Waals surface area contributed by atoms with E-state index in [0.717, 1.165) is 42.4 Å². The van der Waals surface area contributed by atoms with Gasteiger partial charge in [-0.3, -0.25) is 4.90 Å². The fourth-order valence-electron chi connectivity index (χ4n) is 4.18. The quantitative estimate of drug-likeness (QED) is 0.668. The SMILES string of the molecule is Fc1cc(C(F)(F)F)ccc1CN1CCc2nc(C3CCCCC3)ncc2C1. The summed E-state index contributed by atoms with van der Waals surface area (Å²) in [6, 6.07) is 2.75. The van der Waals surface area contributed by atoms with E-state index < -0.39 is 17.6 Å². The smallest absolute Gasteiger partial charge is 0.294 e. The van der Waals surface area contributed by atoms with Crippen molar-refractivity contribution in [3.63, 3.8) is 0 Å². The molecule has 1 aromatic heterocycles.